The topological polar surface area (TPSA) is 37.3 Å². The van der Waals surface area contributed by atoms with Crippen molar-refractivity contribution in [3.05, 3.63) is 11.6 Å². The third kappa shape index (κ3) is 3.58. The Labute approximate surface area is 104 Å². The van der Waals surface area contributed by atoms with E-state index in [1.807, 2.05) is 0 Å². The Kier molecular flexibility index (Phi) is 4.64. The van der Waals surface area contributed by atoms with E-state index in [2.05, 4.69) is 6.08 Å². The molecule has 2 aliphatic carbocycles. The summed E-state index contributed by atoms with van der Waals surface area (Å²) >= 11 is 0. The molecule has 2 atom stereocenters. The molecule has 2 nitrogen and oxygen atoms in total. The Bertz CT molecular complexity index is 291. The zero-order valence-corrected chi connectivity index (χ0v) is 10.7. The summed E-state index contributed by atoms with van der Waals surface area (Å²) < 4.78 is 0. The van der Waals surface area contributed by atoms with Gasteiger partial charge >= 0.3 is 5.97 Å². The minimum absolute atomic E-state index is 0.317. The highest BCUT2D eigenvalue weighted by Gasteiger charge is 2.30. The zero-order valence-electron chi connectivity index (χ0n) is 10.7. The van der Waals surface area contributed by atoms with Gasteiger partial charge in [0.15, 0.2) is 0 Å². The number of unbranched alkanes of at least 4 members (excludes halogenated alkanes) is 1. The van der Waals surface area contributed by atoms with Gasteiger partial charge in [0.25, 0.3) is 0 Å². The quantitative estimate of drug-likeness (QED) is 0.588. The lowest BCUT2D eigenvalue weighted by Crippen LogP contribution is -2.25. The van der Waals surface area contributed by atoms with Gasteiger partial charge in [-0.15, -0.1) is 0 Å². The van der Waals surface area contributed by atoms with Crippen molar-refractivity contribution in [3.63, 3.8) is 0 Å². The molecule has 0 spiro atoms. The van der Waals surface area contributed by atoms with Crippen LogP contribution in [0.3, 0.4) is 0 Å². The monoisotopic (exact) mass is 236 g/mol. The van der Waals surface area contributed by atoms with Crippen molar-refractivity contribution in [2.75, 3.05) is 0 Å². The first-order valence-corrected chi connectivity index (χ1v) is 7.18. The van der Waals surface area contributed by atoms with Crippen LogP contribution >= 0.6 is 0 Å². The van der Waals surface area contributed by atoms with Crippen LogP contribution in [0.5, 0.6) is 0 Å². The van der Waals surface area contributed by atoms with Crippen LogP contribution in [0.1, 0.15) is 64.2 Å². The van der Waals surface area contributed by atoms with Gasteiger partial charge in [-0.2, -0.15) is 0 Å². The van der Waals surface area contributed by atoms with Crippen molar-refractivity contribution in [2.45, 2.75) is 64.2 Å². The molecule has 2 heteroatoms. The first-order valence-electron chi connectivity index (χ1n) is 7.18. The van der Waals surface area contributed by atoms with Gasteiger partial charge in [0.2, 0.25) is 0 Å². The van der Waals surface area contributed by atoms with E-state index in [4.69, 9.17) is 5.11 Å². The molecule has 0 radical (unpaired) electrons. The molecular weight excluding hydrogens is 212 g/mol. The molecule has 17 heavy (non-hydrogen) atoms. The number of allylic oxidation sites excluding steroid dienone is 2. The van der Waals surface area contributed by atoms with E-state index in [0.717, 1.165) is 24.7 Å². The first kappa shape index (κ1) is 12.7. The Hall–Kier alpha value is -0.790. The van der Waals surface area contributed by atoms with Gasteiger partial charge in [0.1, 0.15) is 0 Å². The second kappa shape index (κ2) is 6.23. The highest BCUT2D eigenvalue weighted by Crippen LogP contribution is 2.43. The highest BCUT2D eigenvalue weighted by molar-refractivity contribution is 5.66. The standard InChI is InChI=1S/C15H24O2/c16-15(17)11-4-2-7-13-9-5-8-12-6-1-3-10-14(12)13/h7,12,14H,1-6,8-11H2,(H,16,17)/b13-7+. The smallest absolute Gasteiger partial charge is 0.303 e. The minimum Gasteiger partial charge on any atom is -0.481 e. The third-order valence-electron chi connectivity index (χ3n) is 4.43. The van der Waals surface area contributed by atoms with Gasteiger partial charge in [0, 0.05) is 6.42 Å². The fourth-order valence-corrected chi connectivity index (χ4v) is 3.59. The van der Waals surface area contributed by atoms with E-state index in [1.165, 1.54) is 44.9 Å². The molecule has 0 amide bonds. The van der Waals surface area contributed by atoms with E-state index >= 15 is 0 Å². The highest BCUT2D eigenvalue weighted by atomic mass is 16.4. The molecule has 2 saturated carbocycles. The summed E-state index contributed by atoms with van der Waals surface area (Å²) in [6.07, 6.45) is 14.1. The van der Waals surface area contributed by atoms with Crippen LogP contribution in [-0.4, -0.2) is 11.1 Å². The van der Waals surface area contributed by atoms with Crippen LogP contribution in [0, 0.1) is 11.8 Å². The summed E-state index contributed by atoms with van der Waals surface area (Å²) in [7, 11) is 0. The largest absolute Gasteiger partial charge is 0.481 e. The van der Waals surface area contributed by atoms with Crippen molar-refractivity contribution >= 4 is 5.97 Å². The average Bonchev–Trinajstić information content (AvgIpc) is 2.34. The van der Waals surface area contributed by atoms with Gasteiger partial charge in [-0.05, 0) is 56.8 Å². The lowest BCUT2D eigenvalue weighted by molar-refractivity contribution is -0.137. The Morgan fingerprint density at radius 3 is 2.82 bits per heavy atom. The molecule has 0 bridgehead atoms. The summed E-state index contributed by atoms with van der Waals surface area (Å²) in [5.41, 5.74) is 1.66. The van der Waals surface area contributed by atoms with Crippen molar-refractivity contribution in [1.29, 1.82) is 0 Å². The van der Waals surface area contributed by atoms with Crippen LogP contribution in [0.15, 0.2) is 11.6 Å². The van der Waals surface area contributed by atoms with E-state index in [9.17, 15) is 4.79 Å². The Morgan fingerprint density at radius 2 is 2.00 bits per heavy atom. The number of hydrogen-bond acceptors (Lipinski definition) is 1. The Balaban J connectivity index is 1.85. The number of rotatable bonds is 4. The zero-order chi connectivity index (χ0) is 12.1. The van der Waals surface area contributed by atoms with Crippen molar-refractivity contribution in [3.8, 4) is 0 Å². The molecule has 2 unspecified atom stereocenters. The van der Waals surface area contributed by atoms with Crippen LogP contribution < -0.4 is 0 Å². The van der Waals surface area contributed by atoms with Gasteiger partial charge in [-0.3, -0.25) is 4.79 Å². The minimum atomic E-state index is -0.664. The summed E-state index contributed by atoms with van der Waals surface area (Å²) in [5.74, 6) is 1.13. The number of fused-ring (bicyclic) bond motifs is 1. The first-order chi connectivity index (χ1) is 8.27. The van der Waals surface area contributed by atoms with Crippen molar-refractivity contribution in [1.82, 2.24) is 0 Å². The molecule has 0 heterocycles. The van der Waals surface area contributed by atoms with Crippen molar-refractivity contribution in [2.24, 2.45) is 11.8 Å². The Morgan fingerprint density at radius 1 is 1.24 bits per heavy atom. The number of aliphatic carboxylic acids is 1. The molecule has 1 N–H and O–H groups in total. The summed E-state index contributed by atoms with van der Waals surface area (Å²) in [5, 5.41) is 8.62. The van der Waals surface area contributed by atoms with E-state index in [0.29, 0.717) is 6.42 Å². The fourth-order valence-electron chi connectivity index (χ4n) is 3.59. The molecular formula is C15H24O2. The maximum absolute atomic E-state index is 10.5. The SMILES string of the molecule is O=C(O)CCC/C=C1\CCCC2CCCCC12. The molecule has 0 aromatic carbocycles. The van der Waals surface area contributed by atoms with Gasteiger partial charge in [-0.1, -0.05) is 24.5 Å². The molecule has 2 rings (SSSR count). The molecule has 0 aliphatic heterocycles. The number of hydrogen-bond donors (Lipinski definition) is 1. The molecule has 0 aromatic heterocycles. The second-order valence-electron chi connectivity index (χ2n) is 5.61. The van der Waals surface area contributed by atoms with Gasteiger partial charge in [-0.25, -0.2) is 0 Å². The predicted octanol–water partition coefficient (Wildman–Crippen LogP) is 4.16. The number of carboxylic acid groups (broad SMARTS) is 1. The summed E-state index contributed by atoms with van der Waals surface area (Å²) in [6.45, 7) is 0. The van der Waals surface area contributed by atoms with Gasteiger partial charge in [0.05, 0.1) is 0 Å². The lowest BCUT2D eigenvalue weighted by atomic mass is 9.68. The number of carboxylic acids is 1. The van der Waals surface area contributed by atoms with Crippen LogP contribution in [-0.2, 0) is 4.79 Å². The molecule has 0 aromatic rings. The maximum atomic E-state index is 10.5. The average molecular weight is 236 g/mol. The summed E-state index contributed by atoms with van der Waals surface area (Å²) in [4.78, 5) is 10.5. The van der Waals surface area contributed by atoms with Crippen LogP contribution in [0.25, 0.3) is 0 Å². The van der Waals surface area contributed by atoms with E-state index in [1.54, 1.807) is 5.57 Å². The van der Waals surface area contributed by atoms with Crippen LogP contribution in [0.2, 0.25) is 0 Å². The molecule has 0 saturated heterocycles. The predicted molar refractivity (Wildman–Crippen MR) is 68.9 cm³/mol. The molecule has 2 fully saturated rings. The third-order valence-corrected chi connectivity index (χ3v) is 4.43. The van der Waals surface area contributed by atoms with E-state index < -0.39 is 5.97 Å². The molecule has 96 valence electrons. The molecule has 2 aliphatic rings. The maximum Gasteiger partial charge on any atom is 0.303 e. The van der Waals surface area contributed by atoms with E-state index in [-0.39, 0.29) is 0 Å². The second-order valence-corrected chi connectivity index (χ2v) is 5.61. The van der Waals surface area contributed by atoms with Crippen LogP contribution in [0.4, 0.5) is 0 Å². The number of carbonyl (C=O) groups is 1. The normalized spacial score (nSPS) is 31.2. The summed E-state index contributed by atoms with van der Waals surface area (Å²) in [6, 6.07) is 0. The van der Waals surface area contributed by atoms with Crippen molar-refractivity contribution < 1.29 is 9.90 Å². The van der Waals surface area contributed by atoms with Gasteiger partial charge < -0.3 is 5.11 Å². The fraction of sp³-hybridized carbons (Fsp3) is 0.800. The lowest BCUT2D eigenvalue weighted by Gasteiger charge is -2.37.